The summed E-state index contributed by atoms with van der Waals surface area (Å²) < 4.78 is 0. The van der Waals surface area contributed by atoms with Gasteiger partial charge in [0.1, 0.15) is 0 Å². The maximum atomic E-state index is 5.48. The van der Waals surface area contributed by atoms with Crippen LogP contribution in [-0.4, -0.2) is 15.0 Å². The quantitative estimate of drug-likeness (QED) is 0.736. The van der Waals surface area contributed by atoms with E-state index in [1.165, 1.54) is 5.56 Å². The summed E-state index contributed by atoms with van der Waals surface area (Å²) in [4.78, 5) is 12.4. The Balaban J connectivity index is 2.73. The molecular formula is C10H12N4. The van der Waals surface area contributed by atoms with Gasteiger partial charge in [0.2, 0.25) is 5.95 Å². The summed E-state index contributed by atoms with van der Waals surface area (Å²) in [6.45, 7) is 4.09. The maximum absolute atomic E-state index is 5.48. The molecule has 0 radical (unpaired) electrons. The molecule has 0 aliphatic rings. The summed E-state index contributed by atoms with van der Waals surface area (Å²) in [6, 6.07) is 2.07. The molecule has 0 aliphatic heterocycles. The lowest BCUT2D eigenvalue weighted by atomic mass is 10.1. The van der Waals surface area contributed by atoms with Crippen molar-refractivity contribution in [2.45, 2.75) is 20.3 Å². The van der Waals surface area contributed by atoms with E-state index in [1.807, 2.05) is 6.92 Å². The van der Waals surface area contributed by atoms with Gasteiger partial charge < -0.3 is 5.73 Å². The number of nitrogens with two attached hydrogens (primary N) is 1. The monoisotopic (exact) mass is 188 g/mol. The molecule has 4 heteroatoms. The van der Waals surface area contributed by atoms with E-state index in [9.17, 15) is 0 Å². The van der Waals surface area contributed by atoms with Crippen molar-refractivity contribution in [3.8, 4) is 0 Å². The first-order chi connectivity index (χ1) is 6.70. The Bertz CT molecular complexity index is 479. The van der Waals surface area contributed by atoms with Crippen LogP contribution in [0.4, 0.5) is 5.95 Å². The molecule has 0 aromatic carbocycles. The highest BCUT2D eigenvalue weighted by Gasteiger charge is 2.03. The molecule has 2 heterocycles. The molecule has 72 valence electrons. The van der Waals surface area contributed by atoms with Gasteiger partial charge in [-0.15, -0.1) is 0 Å². The zero-order chi connectivity index (χ0) is 10.1. The van der Waals surface area contributed by atoms with Crippen molar-refractivity contribution in [3.05, 3.63) is 23.5 Å². The third kappa shape index (κ3) is 1.39. The third-order valence-corrected chi connectivity index (χ3v) is 2.26. The molecule has 0 saturated carbocycles. The summed E-state index contributed by atoms with van der Waals surface area (Å²) in [5.41, 5.74) is 8.40. The van der Waals surface area contributed by atoms with Crippen LogP contribution in [0.2, 0.25) is 0 Å². The smallest absolute Gasteiger partial charge is 0.222 e. The number of aromatic nitrogens is 3. The van der Waals surface area contributed by atoms with Gasteiger partial charge in [-0.3, -0.25) is 0 Å². The number of hydrogen-bond acceptors (Lipinski definition) is 4. The van der Waals surface area contributed by atoms with Crippen molar-refractivity contribution < 1.29 is 0 Å². The molecule has 0 bridgehead atoms. The molecule has 0 fully saturated rings. The number of fused-ring (bicyclic) bond motifs is 1. The maximum Gasteiger partial charge on any atom is 0.222 e. The molecule has 0 atom stereocenters. The molecule has 2 rings (SSSR count). The number of pyridine rings is 1. The van der Waals surface area contributed by atoms with E-state index in [4.69, 9.17) is 5.73 Å². The van der Waals surface area contributed by atoms with E-state index in [0.29, 0.717) is 5.65 Å². The largest absolute Gasteiger partial charge is 0.368 e. The second-order valence-electron chi connectivity index (χ2n) is 3.23. The first-order valence-corrected chi connectivity index (χ1v) is 4.59. The molecule has 0 unspecified atom stereocenters. The van der Waals surface area contributed by atoms with E-state index in [1.54, 1.807) is 6.20 Å². The van der Waals surface area contributed by atoms with Crippen LogP contribution < -0.4 is 5.73 Å². The van der Waals surface area contributed by atoms with Crippen molar-refractivity contribution in [2.24, 2.45) is 0 Å². The molecule has 2 N–H and O–H groups in total. The summed E-state index contributed by atoms with van der Waals surface area (Å²) in [5.74, 6) is 0.272. The first kappa shape index (κ1) is 8.87. The third-order valence-electron chi connectivity index (χ3n) is 2.26. The molecular weight excluding hydrogens is 176 g/mol. The average Bonchev–Trinajstić information content (AvgIpc) is 2.16. The number of nitrogen functional groups attached to an aromatic ring is 1. The van der Waals surface area contributed by atoms with Gasteiger partial charge >= 0.3 is 0 Å². The Morgan fingerprint density at radius 2 is 2.14 bits per heavy atom. The van der Waals surface area contributed by atoms with Gasteiger partial charge in [0, 0.05) is 17.3 Å². The predicted octanol–water partition coefficient (Wildman–Crippen LogP) is 1.48. The highest BCUT2D eigenvalue weighted by molar-refractivity contribution is 5.75. The minimum Gasteiger partial charge on any atom is -0.368 e. The lowest BCUT2D eigenvalue weighted by Gasteiger charge is -2.04. The fourth-order valence-corrected chi connectivity index (χ4v) is 1.47. The molecule has 0 amide bonds. The zero-order valence-electron chi connectivity index (χ0n) is 8.28. The van der Waals surface area contributed by atoms with Crippen LogP contribution in [0.5, 0.6) is 0 Å². The molecule has 14 heavy (non-hydrogen) atoms. The topological polar surface area (TPSA) is 64.7 Å². The molecule has 0 spiro atoms. The Hall–Kier alpha value is -1.71. The summed E-state index contributed by atoms with van der Waals surface area (Å²) in [7, 11) is 0. The standard InChI is InChI=1S/C10H12N4/c1-3-7-4-8-5-12-10(11)14-9(8)13-6(7)2/h4-5H,3H2,1-2H3,(H2,11,12,13,14). The van der Waals surface area contributed by atoms with Crippen LogP contribution in [0.15, 0.2) is 12.3 Å². The lowest BCUT2D eigenvalue weighted by Crippen LogP contribution is -1.98. The summed E-state index contributed by atoms with van der Waals surface area (Å²) in [6.07, 6.45) is 2.68. The number of nitrogens with zero attached hydrogens (tertiary/aromatic N) is 3. The Labute approximate surface area is 82.2 Å². The van der Waals surface area contributed by atoms with Gasteiger partial charge in [0.25, 0.3) is 0 Å². The van der Waals surface area contributed by atoms with Crippen molar-refractivity contribution >= 4 is 17.0 Å². The first-order valence-electron chi connectivity index (χ1n) is 4.59. The fraction of sp³-hybridized carbons (Fsp3) is 0.300. The van der Waals surface area contributed by atoms with Crippen molar-refractivity contribution in [2.75, 3.05) is 5.73 Å². The minimum atomic E-state index is 0.272. The van der Waals surface area contributed by atoms with Crippen LogP contribution in [0, 0.1) is 6.92 Å². The predicted molar refractivity (Wildman–Crippen MR) is 55.9 cm³/mol. The minimum absolute atomic E-state index is 0.272. The van der Waals surface area contributed by atoms with Gasteiger partial charge in [0.15, 0.2) is 5.65 Å². The van der Waals surface area contributed by atoms with Crippen LogP contribution in [0.1, 0.15) is 18.2 Å². The Morgan fingerprint density at radius 3 is 2.86 bits per heavy atom. The number of hydrogen-bond donors (Lipinski definition) is 1. The molecule has 0 saturated heterocycles. The Kier molecular flexibility index (Phi) is 2.04. The molecule has 0 aliphatic carbocycles. The second kappa shape index (κ2) is 3.21. The Morgan fingerprint density at radius 1 is 1.36 bits per heavy atom. The van der Waals surface area contributed by atoms with Crippen molar-refractivity contribution in [1.29, 1.82) is 0 Å². The number of aryl methyl sites for hydroxylation is 2. The van der Waals surface area contributed by atoms with Crippen LogP contribution in [0.25, 0.3) is 11.0 Å². The number of rotatable bonds is 1. The van der Waals surface area contributed by atoms with Gasteiger partial charge in [-0.05, 0) is 25.0 Å². The van der Waals surface area contributed by atoms with E-state index < -0.39 is 0 Å². The van der Waals surface area contributed by atoms with Gasteiger partial charge in [-0.25, -0.2) is 9.97 Å². The van der Waals surface area contributed by atoms with Crippen LogP contribution in [-0.2, 0) is 6.42 Å². The highest BCUT2D eigenvalue weighted by atomic mass is 15.0. The van der Waals surface area contributed by atoms with Crippen molar-refractivity contribution in [3.63, 3.8) is 0 Å². The SMILES string of the molecule is CCc1cc2cnc(N)nc2nc1C. The fourth-order valence-electron chi connectivity index (χ4n) is 1.47. The van der Waals surface area contributed by atoms with E-state index in [0.717, 1.165) is 17.5 Å². The van der Waals surface area contributed by atoms with Crippen LogP contribution in [0.3, 0.4) is 0 Å². The van der Waals surface area contributed by atoms with Crippen molar-refractivity contribution in [1.82, 2.24) is 15.0 Å². The second-order valence-corrected chi connectivity index (χ2v) is 3.23. The van der Waals surface area contributed by atoms with Gasteiger partial charge in [-0.2, -0.15) is 4.98 Å². The number of anilines is 1. The summed E-state index contributed by atoms with van der Waals surface area (Å²) >= 11 is 0. The van der Waals surface area contributed by atoms with Crippen LogP contribution >= 0.6 is 0 Å². The average molecular weight is 188 g/mol. The molecule has 2 aromatic rings. The zero-order valence-corrected chi connectivity index (χ0v) is 8.28. The normalized spacial score (nSPS) is 10.7. The highest BCUT2D eigenvalue weighted by Crippen LogP contribution is 2.14. The van der Waals surface area contributed by atoms with E-state index in [-0.39, 0.29) is 5.95 Å². The lowest BCUT2D eigenvalue weighted by molar-refractivity contribution is 1.05. The molecule has 4 nitrogen and oxygen atoms in total. The van der Waals surface area contributed by atoms with E-state index in [2.05, 4.69) is 27.9 Å². The van der Waals surface area contributed by atoms with Gasteiger partial charge in [0.05, 0.1) is 0 Å². The van der Waals surface area contributed by atoms with Gasteiger partial charge in [-0.1, -0.05) is 6.92 Å². The summed E-state index contributed by atoms with van der Waals surface area (Å²) in [5, 5.41) is 0.946. The van der Waals surface area contributed by atoms with E-state index >= 15 is 0 Å². The molecule has 2 aromatic heterocycles.